The first-order chi connectivity index (χ1) is 5.74. The standard InChI is InChI=1S/C8H13N3O/c1-11-5-12-8-3-2-6(9)4-7(8)10/h2-4,11H,5,9-10H2,1H3. The van der Waals surface area contributed by atoms with Crippen molar-refractivity contribution < 1.29 is 4.74 Å². The van der Waals surface area contributed by atoms with E-state index in [1.807, 2.05) is 0 Å². The molecule has 0 aromatic heterocycles. The highest BCUT2D eigenvalue weighted by Gasteiger charge is 1.98. The van der Waals surface area contributed by atoms with Crippen molar-refractivity contribution in [3.8, 4) is 5.75 Å². The molecule has 0 fully saturated rings. The lowest BCUT2D eigenvalue weighted by atomic mass is 10.2. The van der Waals surface area contributed by atoms with Crippen LogP contribution in [0.15, 0.2) is 18.2 Å². The number of hydrogen-bond acceptors (Lipinski definition) is 4. The quantitative estimate of drug-likeness (QED) is 0.450. The largest absolute Gasteiger partial charge is 0.476 e. The van der Waals surface area contributed by atoms with E-state index in [0.29, 0.717) is 23.9 Å². The van der Waals surface area contributed by atoms with E-state index in [1.165, 1.54) is 0 Å². The third-order valence-electron chi connectivity index (χ3n) is 1.41. The summed E-state index contributed by atoms with van der Waals surface area (Å²) in [5.41, 5.74) is 12.3. The van der Waals surface area contributed by atoms with Gasteiger partial charge >= 0.3 is 0 Å². The molecule has 0 amide bonds. The van der Waals surface area contributed by atoms with Crippen LogP contribution >= 0.6 is 0 Å². The maximum Gasteiger partial charge on any atom is 0.144 e. The second-order valence-corrected chi connectivity index (χ2v) is 2.44. The summed E-state index contributed by atoms with van der Waals surface area (Å²) >= 11 is 0. The van der Waals surface area contributed by atoms with Crippen molar-refractivity contribution in [3.63, 3.8) is 0 Å². The molecule has 4 nitrogen and oxygen atoms in total. The van der Waals surface area contributed by atoms with Gasteiger partial charge in [0.2, 0.25) is 0 Å². The summed E-state index contributed by atoms with van der Waals surface area (Å²) in [6.07, 6.45) is 0. The Balaban J connectivity index is 2.72. The van der Waals surface area contributed by atoms with Crippen molar-refractivity contribution in [3.05, 3.63) is 18.2 Å². The van der Waals surface area contributed by atoms with Gasteiger partial charge in [0.25, 0.3) is 0 Å². The molecule has 0 saturated carbocycles. The second kappa shape index (κ2) is 3.82. The summed E-state index contributed by atoms with van der Waals surface area (Å²) in [5.74, 6) is 0.651. The minimum atomic E-state index is 0.439. The Morgan fingerprint density at radius 1 is 1.42 bits per heavy atom. The molecule has 0 spiro atoms. The van der Waals surface area contributed by atoms with Gasteiger partial charge in [0.15, 0.2) is 0 Å². The predicted octanol–water partition coefficient (Wildman–Crippen LogP) is 0.407. The maximum absolute atomic E-state index is 5.63. The number of hydrogen-bond donors (Lipinski definition) is 3. The number of rotatable bonds is 3. The van der Waals surface area contributed by atoms with Crippen LogP contribution in [0.25, 0.3) is 0 Å². The van der Waals surface area contributed by atoms with Gasteiger partial charge in [0.05, 0.1) is 5.69 Å². The molecule has 0 aliphatic heterocycles. The predicted molar refractivity (Wildman–Crippen MR) is 49.8 cm³/mol. The molecule has 1 aromatic rings. The van der Waals surface area contributed by atoms with E-state index in [1.54, 1.807) is 25.2 Å². The summed E-state index contributed by atoms with van der Waals surface area (Å²) in [4.78, 5) is 0. The van der Waals surface area contributed by atoms with Crippen LogP contribution in [0.3, 0.4) is 0 Å². The molecule has 0 heterocycles. The average Bonchev–Trinajstić information content (AvgIpc) is 2.03. The van der Waals surface area contributed by atoms with Crippen molar-refractivity contribution in [1.29, 1.82) is 0 Å². The van der Waals surface area contributed by atoms with E-state index in [2.05, 4.69) is 5.32 Å². The lowest BCUT2D eigenvalue weighted by molar-refractivity contribution is 0.297. The summed E-state index contributed by atoms with van der Waals surface area (Å²) in [7, 11) is 1.80. The van der Waals surface area contributed by atoms with Crippen molar-refractivity contribution in [2.75, 3.05) is 25.2 Å². The monoisotopic (exact) mass is 167 g/mol. The second-order valence-electron chi connectivity index (χ2n) is 2.44. The molecular weight excluding hydrogens is 154 g/mol. The highest BCUT2D eigenvalue weighted by Crippen LogP contribution is 2.22. The van der Waals surface area contributed by atoms with Gasteiger partial charge in [-0.05, 0) is 25.2 Å². The van der Waals surface area contributed by atoms with E-state index in [9.17, 15) is 0 Å². The normalized spacial score (nSPS) is 9.75. The number of nitrogens with two attached hydrogens (primary N) is 2. The Hall–Kier alpha value is -1.42. The first-order valence-corrected chi connectivity index (χ1v) is 3.66. The summed E-state index contributed by atoms with van der Waals surface area (Å²) in [5, 5.41) is 2.85. The Kier molecular flexibility index (Phi) is 2.76. The minimum absolute atomic E-state index is 0.439. The molecule has 0 radical (unpaired) electrons. The fourth-order valence-corrected chi connectivity index (χ4v) is 0.848. The van der Waals surface area contributed by atoms with Crippen LogP contribution in [0.2, 0.25) is 0 Å². The highest BCUT2D eigenvalue weighted by molar-refractivity contribution is 5.60. The van der Waals surface area contributed by atoms with Crippen LogP contribution < -0.4 is 21.5 Å². The van der Waals surface area contributed by atoms with Crippen LogP contribution in [-0.2, 0) is 0 Å². The SMILES string of the molecule is CNCOc1ccc(N)cc1N. The van der Waals surface area contributed by atoms with Crippen LogP contribution in [0.5, 0.6) is 5.75 Å². The summed E-state index contributed by atoms with van der Waals surface area (Å²) in [6.45, 7) is 0.439. The van der Waals surface area contributed by atoms with E-state index in [0.717, 1.165) is 0 Å². The van der Waals surface area contributed by atoms with Crippen molar-refractivity contribution in [2.24, 2.45) is 0 Å². The molecule has 4 heteroatoms. The summed E-state index contributed by atoms with van der Waals surface area (Å²) < 4.78 is 5.25. The first kappa shape index (κ1) is 8.67. The number of anilines is 2. The fourth-order valence-electron chi connectivity index (χ4n) is 0.848. The van der Waals surface area contributed by atoms with Gasteiger partial charge in [-0.25, -0.2) is 0 Å². The fraction of sp³-hybridized carbons (Fsp3) is 0.250. The number of ether oxygens (including phenoxy) is 1. The third-order valence-corrected chi connectivity index (χ3v) is 1.41. The zero-order chi connectivity index (χ0) is 8.97. The Labute approximate surface area is 71.5 Å². The summed E-state index contributed by atoms with van der Waals surface area (Å²) in [6, 6.07) is 5.17. The smallest absolute Gasteiger partial charge is 0.144 e. The van der Waals surface area contributed by atoms with Gasteiger partial charge in [0.1, 0.15) is 12.5 Å². The van der Waals surface area contributed by atoms with Crippen LogP contribution in [0, 0.1) is 0 Å². The molecule has 1 aromatic carbocycles. The van der Waals surface area contributed by atoms with E-state index >= 15 is 0 Å². The zero-order valence-electron chi connectivity index (χ0n) is 7.00. The highest BCUT2D eigenvalue weighted by atomic mass is 16.5. The van der Waals surface area contributed by atoms with Gasteiger partial charge in [-0.3, -0.25) is 5.32 Å². The molecule has 0 aliphatic rings. The van der Waals surface area contributed by atoms with Crippen LogP contribution in [0.1, 0.15) is 0 Å². The van der Waals surface area contributed by atoms with E-state index in [4.69, 9.17) is 16.2 Å². The first-order valence-electron chi connectivity index (χ1n) is 3.66. The Bertz CT molecular complexity index is 262. The van der Waals surface area contributed by atoms with Crippen molar-refractivity contribution in [2.45, 2.75) is 0 Å². The number of benzene rings is 1. The molecule has 12 heavy (non-hydrogen) atoms. The lowest BCUT2D eigenvalue weighted by Gasteiger charge is -2.07. The Morgan fingerprint density at radius 3 is 2.75 bits per heavy atom. The van der Waals surface area contributed by atoms with Gasteiger partial charge in [-0.1, -0.05) is 0 Å². The Morgan fingerprint density at radius 2 is 2.17 bits per heavy atom. The van der Waals surface area contributed by atoms with Gasteiger partial charge in [-0.15, -0.1) is 0 Å². The van der Waals surface area contributed by atoms with E-state index < -0.39 is 0 Å². The number of nitrogens with one attached hydrogen (secondary N) is 1. The van der Waals surface area contributed by atoms with Crippen LogP contribution in [0.4, 0.5) is 11.4 Å². The molecule has 0 unspecified atom stereocenters. The van der Waals surface area contributed by atoms with Gasteiger partial charge < -0.3 is 16.2 Å². The molecule has 5 N–H and O–H groups in total. The molecule has 0 bridgehead atoms. The van der Waals surface area contributed by atoms with Crippen LogP contribution in [-0.4, -0.2) is 13.8 Å². The topological polar surface area (TPSA) is 73.3 Å². The molecule has 66 valence electrons. The minimum Gasteiger partial charge on any atom is -0.476 e. The van der Waals surface area contributed by atoms with E-state index in [-0.39, 0.29) is 0 Å². The lowest BCUT2D eigenvalue weighted by Crippen LogP contribution is -2.14. The molecule has 0 saturated heterocycles. The van der Waals surface area contributed by atoms with Crippen molar-refractivity contribution >= 4 is 11.4 Å². The van der Waals surface area contributed by atoms with Gasteiger partial charge in [-0.2, -0.15) is 0 Å². The molecule has 1 rings (SSSR count). The number of nitrogen functional groups attached to an aromatic ring is 2. The third kappa shape index (κ3) is 2.03. The zero-order valence-corrected chi connectivity index (χ0v) is 7.00. The average molecular weight is 167 g/mol. The molecule has 0 atom stereocenters. The molecule has 0 aliphatic carbocycles. The maximum atomic E-state index is 5.63. The van der Waals surface area contributed by atoms with Crippen molar-refractivity contribution in [1.82, 2.24) is 5.32 Å². The molecular formula is C8H13N3O. The van der Waals surface area contributed by atoms with Gasteiger partial charge in [0, 0.05) is 5.69 Å².